The van der Waals surface area contributed by atoms with Crippen LogP contribution in [0.1, 0.15) is 38.3 Å². The van der Waals surface area contributed by atoms with Gasteiger partial charge in [0.25, 0.3) is 5.69 Å². The van der Waals surface area contributed by atoms with Crippen LogP contribution in [0.2, 0.25) is 0 Å². The number of benzene rings is 2. The van der Waals surface area contributed by atoms with E-state index in [2.05, 4.69) is 5.32 Å². The molecule has 0 bridgehead atoms. The van der Waals surface area contributed by atoms with Gasteiger partial charge >= 0.3 is 11.7 Å². The lowest BCUT2D eigenvalue weighted by Crippen LogP contribution is -2.46. The van der Waals surface area contributed by atoms with E-state index < -0.39 is 98.9 Å². The molecule has 0 unspecified atom stereocenters. The first-order chi connectivity index (χ1) is 19.7. The van der Waals surface area contributed by atoms with Crippen LogP contribution in [0.5, 0.6) is 5.75 Å². The third-order valence-electron chi connectivity index (χ3n) is 6.99. The molecule has 1 fully saturated rings. The number of hydrogen-bond donors (Lipinski definition) is 2. The highest BCUT2D eigenvalue weighted by Gasteiger charge is 2.46. The molecule has 2 aromatic rings. The lowest BCUT2D eigenvalue weighted by Gasteiger charge is -2.29. The van der Waals surface area contributed by atoms with Crippen molar-refractivity contribution in [2.24, 2.45) is 17.8 Å². The number of ketones is 4. The standard InChI is InChI=1S/C28H29N3O11/c1-14(2)28(37)42-27-15(3)23(33)26(36)20(12-22(32)25(35)19(27)9-16-7-5-4-6-8-16)29-13-17-10-18(30(38)39)11-21(24(17)34)31(40)41/h4-8,10-11,14-15,19-20,27,29,34H,9,12-13H2,1-3H3/t15-,19+,20+,27-/m1/s1. The number of non-ortho nitro benzene ring substituents is 1. The molecule has 0 aliphatic heterocycles. The number of hydrogen-bond acceptors (Lipinski definition) is 12. The van der Waals surface area contributed by atoms with Gasteiger partial charge in [-0.15, -0.1) is 0 Å². The largest absolute Gasteiger partial charge is 0.502 e. The summed E-state index contributed by atoms with van der Waals surface area (Å²) in [5.74, 6) is -9.07. The van der Waals surface area contributed by atoms with Gasteiger partial charge in [-0.05, 0) is 12.0 Å². The highest BCUT2D eigenvalue weighted by atomic mass is 16.6. The third-order valence-corrected chi connectivity index (χ3v) is 6.99. The minimum Gasteiger partial charge on any atom is -0.502 e. The van der Waals surface area contributed by atoms with E-state index in [1.54, 1.807) is 44.2 Å². The number of phenols is 1. The van der Waals surface area contributed by atoms with Crippen molar-refractivity contribution in [3.05, 3.63) is 73.8 Å². The van der Waals surface area contributed by atoms with E-state index in [9.17, 15) is 49.3 Å². The molecular formula is C28H29N3O11. The van der Waals surface area contributed by atoms with Crippen molar-refractivity contribution in [2.45, 2.75) is 52.3 Å². The molecule has 1 aliphatic rings. The Bertz CT molecular complexity index is 1440. The second kappa shape index (κ2) is 13.2. The van der Waals surface area contributed by atoms with Crippen molar-refractivity contribution in [1.29, 1.82) is 0 Å². The van der Waals surface area contributed by atoms with Crippen LogP contribution in [0, 0.1) is 38.0 Å². The molecule has 3 rings (SSSR count). The molecule has 222 valence electrons. The summed E-state index contributed by atoms with van der Waals surface area (Å²) in [5, 5.41) is 35.4. The number of phenolic OH excluding ortho intramolecular Hbond substituents is 1. The molecule has 0 spiro atoms. The topological polar surface area (TPSA) is 213 Å². The van der Waals surface area contributed by atoms with Gasteiger partial charge in [-0.25, -0.2) is 0 Å². The number of aromatic hydroxyl groups is 1. The number of nitro groups is 2. The van der Waals surface area contributed by atoms with Crippen LogP contribution in [0.3, 0.4) is 0 Å². The Balaban J connectivity index is 2.00. The number of ether oxygens (including phenoxy) is 1. The van der Waals surface area contributed by atoms with Gasteiger partial charge in [0.15, 0.2) is 5.75 Å². The van der Waals surface area contributed by atoms with Crippen molar-refractivity contribution < 1.29 is 43.7 Å². The first-order valence-corrected chi connectivity index (χ1v) is 13.0. The van der Waals surface area contributed by atoms with Crippen LogP contribution in [-0.4, -0.2) is 56.2 Å². The van der Waals surface area contributed by atoms with Gasteiger partial charge in [0.05, 0.1) is 39.7 Å². The highest BCUT2D eigenvalue weighted by molar-refractivity contribution is 6.44. The van der Waals surface area contributed by atoms with Gasteiger partial charge < -0.3 is 15.2 Å². The number of rotatable bonds is 9. The van der Waals surface area contributed by atoms with Gasteiger partial charge in [-0.1, -0.05) is 51.1 Å². The quantitative estimate of drug-likeness (QED) is 0.188. The Labute approximate surface area is 239 Å². The van der Waals surface area contributed by atoms with Crippen molar-refractivity contribution in [3.8, 4) is 5.75 Å². The number of Topliss-reactive ketones (excluding diaryl/α,β-unsaturated/α-hetero) is 4. The molecule has 0 amide bonds. The number of nitrogens with zero attached hydrogens (tertiary/aromatic N) is 2. The second-order valence-electron chi connectivity index (χ2n) is 10.3. The summed E-state index contributed by atoms with van der Waals surface area (Å²) in [5.41, 5.74) is -1.41. The van der Waals surface area contributed by atoms with Crippen LogP contribution in [0.4, 0.5) is 11.4 Å². The average molecular weight is 584 g/mol. The lowest BCUT2D eigenvalue weighted by atomic mass is 9.81. The van der Waals surface area contributed by atoms with E-state index >= 15 is 0 Å². The third kappa shape index (κ3) is 7.07. The second-order valence-corrected chi connectivity index (χ2v) is 10.3. The van der Waals surface area contributed by atoms with Crippen LogP contribution in [0.15, 0.2) is 42.5 Å². The molecule has 4 atom stereocenters. The summed E-state index contributed by atoms with van der Waals surface area (Å²) >= 11 is 0. The number of carbonyl (C=O) groups excluding carboxylic acids is 5. The summed E-state index contributed by atoms with van der Waals surface area (Å²) in [4.78, 5) is 86.5. The van der Waals surface area contributed by atoms with E-state index in [4.69, 9.17) is 4.74 Å². The van der Waals surface area contributed by atoms with Gasteiger partial charge in [-0.2, -0.15) is 0 Å². The lowest BCUT2D eigenvalue weighted by molar-refractivity contribution is -0.394. The van der Waals surface area contributed by atoms with Gasteiger partial charge in [0.2, 0.25) is 23.1 Å². The maximum Gasteiger partial charge on any atom is 0.317 e. The van der Waals surface area contributed by atoms with Crippen LogP contribution in [-0.2, 0) is 41.7 Å². The molecule has 0 saturated heterocycles. The predicted octanol–water partition coefficient (Wildman–Crippen LogP) is 2.41. The number of nitrogens with one attached hydrogen (secondary N) is 1. The first kappa shape index (κ1) is 31.7. The molecule has 0 heterocycles. The Kier molecular flexibility index (Phi) is 9.96. The van der Waals surface area contributed by atoms with E-state index in [1.165, 1.54) is 6.92 Å². The van der Waals surface area contributed by atoms with Crippen LogP contribution in [0.25, 0.3) is 0 Å². The molecular weight excluding hydrogens is 554 g/mol. The number of esters is 1. The molecule has 2 N–H and O–H groups in total. The number of carbonyl (C=O) groups is 5. The summed E-state index contributed by atoms with van der Waals surface area (Å²) in [6.07, 6.45) is -2.28. The average Bonchev–Trinajstić information content (AvgIpc) is 2.97. The van der Waals surface area contributed by atoms with Crippen molar-refractivity contribution in [2.75, 3.05) is 0 Å². The maximum atomic E-state index is 13.5. The Morgan fingerprint density at radius 2 is 1.67 bits per heavy atom. The smallest absolute Gasteiger partial charge is 0.317 e. The van der Waals surface area contributed by atoms with Crippen molar-refractivity contribution in [3.63, 3.8) is 0 Å². The Hall–Kier alpha value is -4.85. The SMILES string of the molecule is CC(C)C(=O)O[C@@H]1[C@H](C)C(=O)C(=O)[C@@H](NCc2cc([N+](=O)[O-])cc([N+](=O)[O-])c2O)CC(=O)C(=O)[C@@H]1Cc1ccccc1. The zero-order valence-corrected chi connectivity index (χ0v) is 23.0. The molecule has 2 aromatic carbocycles. The summed E-state index contributed by atoms with van der Waals surface area (Å²) < 4.78 is 5.56. The van der Waals surface area contributed by atoms with Gasteiger partial charge in [-0.3, -0.25) is 44.2 Å². The zero-order chi connectivity index (χ0) is 31.3. The van der Waals surface area contributed by atoms with Crippen LogP contribution >= 0.6 is 0 Å². The van der Waals surface area contributed by atoms with Crippen LogP contribution < -0.4 is 5.32 Å². The summed E-state index contributed by atoms with van der Waals surface area (Å²) in [7, 11) is 0. The Morgan fingerprint density at radius 1 is 1.02 bits per heavy atom. The minimum atomic E-state index is -1.62. The molecule has 14 heteroatoms. The number of nitro benzene ring substituents is 2. The Morgan fingerprint density at radius 3 is 2.24 bits per heavy atom. The molecule has 0 radical (unpaired) electrons. The van der Waals surface area contributed by atoms with Crippen molar-refractivity contribution in [1.82, 2.24) is 5.32 Å². The zero-order valence-electron chi connectivity index (χ0n) is 23.0. The molecule has 1 aliphatic carbocycles. The van der Waals surface area contributed by atoms with E-state index in [-0.39, 0.29) is 12.0 Å². The summed E-state index contributed by atoms with van der Waals surface area (Å²) in [6.45, 7) is 3.79. The molecule has 0 aromatic heterocycles. The molecule has 14 nitrogen and oxygen atoms in total. The normalized spacial score (nSPS) is 21.4. The van der Waals surface area contributed by atoms with E-state index in [1.807, 2.05) is 0 Å². The highest BCUT2D eigenvalue weighted by Crippen LogP contribution is 2.34. The van der Waals surface area contributed by atoms with Gasteiger partial charge in [0.1, 0.15) is 6.10 Å². The fourth-order valence-electron chi connectivity index (χ4n) is 4.60. The maximum absolute atomic E-state index is 13.5. The summed E-state index contributed by atoms with van der Waals surface area (Å²) in [6, 6.07) is 8.31. The van der Waals surface area contributed by atoms with E-state index in [0.29, 0.717) is 11.6 Å². The molecule has 42 heavy (non-hydrogen) atoms. The van der Waals surface area contributed by atoms with Gasteiger partial charge in [0, 0.05) is 24.6 Å². The fraction of sp³-hybridized carbons (Fsp3) is 0.393. The van der Waals surface area contributed by atoms with Crippen molar-refractivity contribution >= 4 is 40.5 Å². The monoisotopic (exact) mass is 583 g/mol. The first-order valence-electron chi connectivity index (χ1n) is 13.0. The van der Waals surface area contributed by atoms with E-state index in [0.717, 1.165) is 6.07 Å². The predicted molar refractivity (Wildman–Crippen MR) is 144 cm³/mol. The minimum absolute atomic E-state index is 0.0589. The molecule has 1 saturated carbocycles. The fourth-order valence-corrected chi connectivity index (χ4v) is 4.60.